The summed E-state index contributed by atoms with van der Waals surface area (Å²) in [5, 5.41) is 0. The van der Waals surface area contributed by atoms with Gasteiger partial charge in [-0.05, 0) is 38.0 Å². The van der Waals surface area contributed by atoms with Gasteiger partial charge in [-0.1, -0.05) is 12.1 Å². The lowest BCUT2D eigenvalue weighted by Crippen LogP contribution is -2.07. The van der Waals surface area contributed by atoms with E-state index >= 15 is 0 Å². The summed E-state index contributed by atoms with van der Waals surface area (Å²) in [7, 11) is 0. The van der Waals surface area contributed by atoms with Crippen molar-refractivity contribution >= 4 is 0 Å². The van der Waals surface area contributed by atoms with Crippen LogP contribution >= 0.6 is 0 Å². The molecule has 0 aromatic heterocycles. The Hall–Kier alpha value is -1.06. The Morgan fingerprint density at radius 1 is 1.40 bits per heavy atom. The Morgan fingerprint density at radius 3 is 2.67 bits per heavy atom. The molecule has 2 N–H and O–H groups in total. The van der Waals surface area contributed by atoms with Gasteiger partial charge < -0.3 is 15.2 Å². The maximum absolute atomic E-state index is 5.79. The first-order valence-electron chi connectivity index (χ1n) is 5.21. The lowest BCUT2D eigenvalue weighted by atomic mass is 10.1. The fourth-order valence-corrected chi connectivity index (χ4v) is 1.31. The molecule has 0 fully saturated rings. The van der Waals surface area contributed by atoms with Gasteiger partial charge in [-0.2, -0.15) is 0 Å². The molecule has 3 heteroatoms. The van der Waals surface area contributed by atoms with Crippen LogP contribution < -0.4 is 10.5 Å². The maximum atomic E-state index is 5.79. The van der Waals surface area contributed by atoms with Gasteiger partial charge >= 0.3 is 0 Å². The molecule has 1 unspecified atom stereocenters. The average molecular weight is 209 g/mol. The van der Waals surface area contributed by atoms with Crippen molar-refractivity contribution in [1.82, 2.24) is 0 Å². The Labute approximate surface area is 91.2 Å². The fraction of sp³-hybridized carbons (Fsp3) is 0.500. The highest BCUT2D eigenvalue weighted by atomic mass is 16.7. The predicted octanol–water partition coefficient (Wildman–Crippen LogP) is 2.39. The molecule has 0 saturated heterocycles. The number of rotatable bonds is 5. The fourth-order valence-electron chi connectivity index (χ4n) is 1.31. The molecule has 15 heavy (non-hydrogen) atoms. The summed E-state index contributed by atoms with van der Waals surface area (Å²) in [6.45, 7) is 6.88. The molecule has 3 nitrogen and oxygen atoms in total. The lowest BCUT2D eigenvalue weighted by molar-refractivity contribution is 0.0220. The van der Waals surface area contributed by atoms with Gasteiger partial charge in [-0.15, -0.1) is 0 Å². The summed E-state index contributed by atoms with van der Waals surface area (Å²) in [6, 6.07) is 6.03. The van der Waals surface area contributed by atoms with Gasteiger partial charge in [0.25, 0.3) is 0 Å². The van der Waals surface area contributed by atoms with Crippen LogP contribution in [-0.2, 0) is 4.74 Å². The minimum atomic E-state index is 0.0599. The molecule has 0 radical (unpaired) electrons. The molecule has 0 spiro atoms. The summed E-state index contributed by atoms with van der Waals surface area (Å²) in [5.41, 5.74) is 8.00. The Morgan fingerprint density at radius 2 is 2.13 bits per heavy atom. The molecule has 0 bridgehead atoms. The second-order valence-electron chi connectivity index (χ2n) is 3.57. The number of hydrogen-bond acceptors (Lipinski definition) is 3. The van der Waals surface area contributed by atoms with Gasteiger partial charge in [0.15, 0.2) is 6.79 Å². The van der Waals surface area contributed by atoms with Crippen LogP contribution in [0.2, 0.25) is 0 Å². The first-order valence-corrected chi connectivity index (χ1v) is 5.21. The van der Waals surface area contributed by atoms with Gasteiger partial charge in [0.1, 0.15) is 5.75 Å². The minimum Gasteiger partial charge on any atom is -0.467 e. The second kappa shape index (κ2) is 5.73. The number of hydrogen-bond donors (Lipinski definition) is 1. The SMILES string of the molecule is CCOCOc1ccc(C(C)N)cc1C. The molecule has 0 aliphatic heterocycles. The van der Waals surface area contributed by atoms with E-state index in [-0.39, 0.29) is 6.04 Å². The molecule has 0 aliphatic rings. The Kier molecular flexibility index (Phi) is 4.59. The monoisotopic (exact) mass is 209 g/mol. The molecule has 0 amide bonds. The highest BCUT2D eigenvalue weighted by Crippen LogP contribution is 2.21. The summed E-state index contributed by atoms with van der Waals surface area (Å²) in [4.78, 5) is 0. The van der Waals surface area contributed by atoms with E-state index in [1.165, 1.54) is 0 Å². The van der Waals surface area contributed by atoms with Crippen molar-refractivity contribution in [3.63, 3.8) is 0 Å². The molecule has 0 aliphatic carbocycles. The second-order valence-corrected chi connectivity index (χ2v) is 3.57. The number of ether oxygens (including phenoxy) is 2. The first-order chi connectivity index (χ1) is 7.15. The van der Waals surface area contributed by atoms with E-state index < -0.39 is 0 Å². The van der Waals surface area contributed by atoms with Crippen molar-refractivity contribution in [1.29, 1.82) is 0 Å². The van der Waals surface area contributed by atoms with Crippen LogP contribution in [0.1, 0.15) is 31.0 Å². The predicted molar refractivity (Wildman–Crippen MR) is 60.9 cm³/mol. The molecule has 1 atom stereocenters. The Balaban J connectivity index is 2.66. The summed E-state index contributed by atoms with van der Waals surface area (Å²) in [6.07, 6.45) is 0. The third-order valence-electron chi connectivity index (χ3n) is 2.23. The molecule has 1 aromatic carbocycles. The zero-order chi connectivity index (χ0) is 11.3. The smallest absolute Gasteiger partial charge is 0.189 e. The molecule has 0 heterocycles. The van der Waals surface area contributed by atoms with E-state index in [0.717, 1.165) is 16.9 Å². The van der Waals surface area contributed by atoms with E-state index in [2.05, 4.69) is 0 Å². The first kappa shape index (κ1) is 12.0. The van der Waals surface area contributed by atoms with Crippen molar-refractivity contribution in [2.75, 3.05) is 13.4 Å². The van der Waals surface area contributed by atoms with Crippen molar-refractivity contribution in [2.45, 2.75) is 26.8 Å². The topological polar surface area (TPSA) is 44.5 Å². The third-order valence-corrected chi connectivity index (χ3v) is 2.23. The van der Waals surface area contributed by atoms with Crippen LogP contribution in [0.3, 0.4) is 0 Å². The van der Waals surface area contributed by atoms with Gasteiger partial charge in [0.2, 0.25) is 0 Å². The standard InChI is InChI=1S/C12H19NO2/c1-4-14-8-15-12-6-5-11(10(3)13)7-9(12)2/h5-7,10H,4,8,13H2,1-3H3. The number of benzene rings is 1. The van der Waals surface area contributed by atoms with Crippen molar-refractivity contribution in [3.8, 4) is 5.75 Å². The molecule has 1 aromatic rings. The van der Waals surface area contributed by atoms with E-state index in [0.29, 0.717) is 13.4 Å². The molecular formula is C12H19NO2. The van der Waals surface area contributed by atoms with Crippen LogP contribution in [0.25, 0.3) is 0 Å². The molecular weight excluding hydrogens is 190 g/mol. The van der Waals surface area contributed by atoms with Crippen LogP contribution in [-0.4, -0.2) is 13.4 Å². The summed E-state index contributed by atoms with van der Waals surface area (Å²) < 4.78 is 10.6. The largest absolute Gasteiger partial charge is 0.467 e. The van der Waals surface area contributed by atoms with Crippen molar-refractivity contribution in [3.05, 3.63) is 29.3 Å². The van der Waals surface area contributed by atoms with Crippen molar-refractivity contribution < 1.29 is 9.47 Å². The lowest BCUT2D eigenvalue weighted by Gasteiger charge is -2.11. The van der Waals surface area contributed by atoms with Gasteiger partial charge in [0.05, 0.1) is 0 Å². The zero-order valence-electron chi connectivity index (χ0n) is 9.62. The van der Waals surface area contributed by atoms with Crippen LogP contribution in [0.15, 0.2) is 18.2 Å². The van der Waals surface area contributed by atoms with Gasteiger partial charge in [-0.25, -0.2) is 0 Å². The number of aryl methyl sites for hydroxylation is 1. The van der Waals surface area contributed by atoms with E-state index in [1.807, 2.05) is 39.0 Å². The molecule has 0 saturated carbocycles. The van der Waals surface area contributed by atoms with Gasteiger partial charge in [0, 0.05) is 12.6 Å². The molecule has 84 valence electrons. The quantitative estimate of drug-likeness (QED) is 0.598. The van der Waals surface area contributed by atoms with Crippen LogP contribution in [0, 0.1) is 6.92 Å². The number of nitrogens with two attached hydrogens (primary N) is 1. The minimum absolute atomic E-state index is 0.0599. The van der Waals surface area contributed by atoms with E-state index in [4.69, 9.17) is 15.2 Å². The maximum Gasteiger partial charge on any atom is 0.189 e. The molecule has 1 rings (SSSR count). The third kappa shape index (κ3) is 3.53. The highest BCUT2D eigenvalue weighted by molar-refractivity contribution is 5.37. The van der Waals surface area contributed by atoms with Crippen molar-refractivity contribution in [2.24, 2.45) is 5.73 Å². The van der Waals surface area contributed by atoms with E-state index in [9.17, 15) is 0 Å². The summed E-state index contributed by atoms with van der Waals surface area (Å²) in [5.74, 6) is 0.854. The zero-order valence-corrected chi connectivity index (χ0v) is 9.62. The normalized spacial score (nSPS) is 12.5. The Bertz CT molecular complexity index is 310. The highest BCUT2D eigenvalue weighted by Gasteiger charge is 2.03. The van der Waals surface area contributed by atoms with Gasteiger partial charge in [-0.3, -0.25) is 0 Å². The van der Waals surface area contributed by atoms with E-state index in [1.54, 1.807) is 0 Å². The summed E-state index contributed by atoms with van der Waals surface area (Å²) >= 11 is 0. The van der Waals surface area contributed by atoms with Crippen LogP contribution in [0.4, 0.5) is 0 Å². The average Bonchev–Trinajstić information content (AvgIpc) is 2.20. The van der Waals surface area contributed by atoms with Crippen LogP contribution in [0.5, 0.6) is 5.75 Å².